The van der Waals surface area contributed by atoms with Gasteiger partial charge in [0.2, 0.25) is 0 Å². The van der Waals surface area contributed by atoms with E-state index in [1.54, 1.807) is 36.4 Å². The van der Waals surface area contributed by atoms with Crippen LogP contribution in [0.5, 0.6) is 5.75 Å². The molecule has 1 heterocycles. The average Bonchev–Trinajstić information content (AvgIpc) is 2.47. The quantitative estimate of drug-likeness (QED) is 0.615. The first-order valence-electron chi connectivity index (χ1n) is 6.48. The highest BCUT2D eigenvalue weighted by atomic mass is 16.5. The van der Waals surface area contributed by atoms with Crippen LogP contribution >= 0.6 is 0 Å². The summed E-state index contributed by atoms with van der Waals surface area (Å²) < 4.78 is 5.03. The highest BCUT2D eigenvalue weighted by molar-refractivity contribution is 6.24. The van der Waals surface area contributed by atoms with Crippen LogP contribution in [-0.2, 0) is 9.59 Å². The molecule has 1 aliphatic carbocycles. The number of benzene rings is 1. The van der Waals surface area contributed by atoms with Gasteiger partial charge in [0.25, 0.3) is 5.91 Å². The lowest BCUT2D eigenvalue weighted by Gasteiger charge is -2.17. The van der Waals surface area contributed by atoms with Crippen molar-refractivity contribution in [3.8, 4) is 5.75 Å². The number of rotatable bonds is 2. The summed E-state index contributed by atoms with van der Waals surface area (Å²) in [5, 5.41) is 0. The number of carbonyl (C=O) groups is 2. The molecule has 0 aromatic heterocycles. The van der Waals surface area contributed by atoms with Crippen molar-refractivity contribution in [2.75, 3.05) is 0 Å². The molecule has 5 heteroatoms. The fourth-order valence-corrected chi connectivity index (χ4v) is 2.16. The molecule has 0 radical (unpaired) electrons. The lowest BCUT2D eigenvalue weighted by atomic mass is 9.96. The number of esters is 1. The first kappa shape index (κ1) is 13.2. The highest BCUT2D eigenvalue weighted by Gasteiger charge is 2.26. The number of hydrogen-bond acceptors (Lipinski definition) is 4. The Balaban J connectivity index is 1.96. The summed E-state index contributed by atoms with van der Waals surface area (Å²) >= 11 is 0. The lowest BCUT2D eigenvalue weighted by Crippen LogP contribution is -2.27. The van der Waals surface area contributed by atoms with Gasteiger partial charge in [-0.05, 0) is 18.2 Å². The van der Waals surface area contributed by atoms with Crippen LogP contribution in [0.3, 0.4) is 0 Å². The van der Waals surface area contributed by atoms with E-state index in [0.717, 1.165) is 0 Å². The maximum atomic E-state index is 12.0. The van der Waals surface area contributed by atoms with Crippen molar-refractivity contribution >= 4 is 23.4 Å². The van der Waals surface area contributed by atoms with E-state index in [4.69, 9.17) is 4.74 Å². The Bertz CT molecular complexity index is 742. The molecule has 1 amide bonds. The van der Waals surface area contributed by atoms with Gasteiger partial charge in [-0.3, -0.25) is 9.59 Å². The van der Waals surface area contributed by atoms with Gasteiger partial charge < -0.3 is 4.74 Å². The molecule has 0 saturated heterocycles. The van der Waals surface area contributed by atoms with Crippen molar-refractivity contribution < 1.29 is 14.3 Å². The SMILES string of the molecule is CC(=O)Oc1cccc(C2=NC(=O)C3C=CC=CC3=N2)c1. The summed E-state index contributed by atoms with van der Waals surface area (Å²) in [5.74, 6) is -0.304. The van der Waals surface area contributed by atoms with Crippen LogP contribution in [0.15, 0.2) is 58.6 Å². The lowest BCUT2D eigenvalue weighted by molar-refractivity contribution is -0.131. The molecule has 1 aliphatic heterocycles. The van der Waals surface area contributed by atoms with Crippen LogP contribution in [0.25, 0.3) is 0 Å². The predicted molar refractivity (Wildman–Crippen MR) is 78.5 cm³/mol. The molecule has 5 nitrogen and oxygen atoms in total. The molecular formula is C16H12N2O3. The molecular weight excluding hydrogens is 268 g/mol. The zero-order chi connectivity index (χ0) is 14.8. The van der Waals surface area contributed by atoms with Crippen LogP contribution in [-0.4, -0.2) is 23.4 Å². The van der Waals surface area contributed by atoms with Gasteiger partial charge in [-0.15, -0.1) is 0 Å². The van der Waals surface area contributed by atoms with Gasteiger partial charge in [0.1, 0.15) is 11.7 Å². The second-order valence-corrected chi connectivity index (χ2v) is 4.65. The molecule has 3 rings (SSSR count). The van der Waals surface area contributed by atoms with E-state index in [1.165, 1.54) is 6.92 Å². The normalized spacial score (nSPS) is 19.7. The molecule has 1 aromatic carbocycles. The zero-order valence-corrected chi connectivity index (χ0v) is 11.3. The van der Waals surface area contributed by atoms with E-state index in [1.807, 2.05) is 12.2 Å². The monoisotopic (exact) mass is 280 g/mol. The van der Waals surface area contributed by atoms with E-state index in [-0.39, 0.29) is 5.91 Å². The molecule has 1 atom stereocenters. The molecule has 21 heavy (non-hydrogen) atoms. The molecule has 0 spiro atoms. The third-order valence-corrected chi connectivity index (χ3v) is 3.07. The number of nitrogens with zero attached hydrogens (tertiary/aromatic N) is 2. The standard InChI is InChI=1S/C16H12N2O3/c1-10(19)21-12-6-4-5-11(9-12)15-17-14-8-3-2-7-13(14)16(20)18-15/h2-9,13H,1H3. The van der Waals surface area contributed by atoms with Crippen LogP contribution in [0.4, 0.5) is 0 Å². The Morgan fingerprint density at radius 2 is 2.10 bits per heavy atom. The molecule has 1 aromatic rings. The van der Waals surface area contributed by atoms with Crippen molar-refractivity contribution in [2.45, 2.75) is 6.92 Å². The van der Waals surface area contributed by atoms with Crippen molar-refractivity contribution in [1.82, 2.24) is 0 Å². The third-order valence-electron chi connectivity index (χ3n) is 3.07. The molecule has 2 aliphatic rings. The maximum Gasteiger partial charge on any atom is 0.308 e. The maximum absolute atomic E-state index is 12.0. The second kappa shape index (κ2) is 5.28. The van der Waals surface area contributed by atoms with Crippen molar-refractivity contribution in [3.63, 3.8) is 0 Å². The van der Waals surface area contributed by atoms with E-state index in [9.17, 15) is 9.59 Å². The summed E-state index contributed by atoms with van der Waals surface area (Å²) in [4.78, 5) is 31.5. The van der Waals surface area contributed by atoms with E-state index < -0.39 is 11.9 Å². The Morgan fingerprint density at radius 3 is 2.90 bits per heavy atom. The fraction of sp³-hybridized carbons (Fsp3) is 0.125. The summed E-state index contributed by atoms with van der Waals surface area (Å²) in [5.41, 5.74) is 1.31. The van der Waals surface area contributed by atoms with E-state index >= 15 is 0 Å². The summed E-state index contributed by atoms with van der Waals surface area (Å²) in [6, 6.07) is 6.80. The summed E-state index contributed by atoms with van der Waals surface area (Å²) in [7, 11) is 0. The fourth-order valence-electron chi connectivity index (χ4n) is 2.16. The molecule has 0 fully saturated rings. The zero-order valence-electron chi connectivity index (χ0n) is 11.3. The van der Waals surface area contributed by atoms with Gasteiger partial charge >= 0.3 is 5.97 Å². The third kappa shape index (κ3) is 2.72. The van der Waals surface area contributed by atoms with Gasteiger partial charge in [0.05, 0.1) is 5.71 Å². The molecule has 104 valence electrons. The van der Waals surface area contributed by atoms with Crippen LogP contribution in [0, 0.1) is 5.92 Å². The summed E-state index contributed by atoms with van der Waals surface area (Å²) in [6.07, 6.45) is 7.22. The number of aliphatic imine (C=N–C) groups is 2. The Kier molecular flexibility index (Phi) is 3.31. The minimum absolute atomic E-state index is 0.242. The Morgan fingerprint density at radius 1 is 1.24 bits per heavy atom. The van der Waals surface area contributed by atoms with Crippen molar-refractivity contribution in [3.05, 3.63) is 54.1 Å². The second-order valence-electron chi connectivity index (χ2n) is 4.65. The number of hydrogen-bond donors (Lipinski definition) is 0. The predicted octanol–water partition coefficient (Wildman–Crippen LogP) is 2.08. The van der Waals surface area contributed by atoms with Crippen LogP contribution < -0.4 is 4.74 Å². The molecule has 1 unspecified atom stereocenters. The van der Waals surface area contributed by atoms with Crippen molar-refractivity contribution in [2.24, 2.45) is 15.9 Å². The Hall–Kier alpha value is -2.82. The first-order valence-corrected chi connectivity index (χ1v) is 6.48. The summed E-state index contributed by atoms with van der Waals surface area (Å²) in [6.45, 7) is 1.33. The number of amides is 1. The largest absolute Gasteiger partial charge is 0.427 e. The minimum atomic E-state index is -0.402. The topological polar surface area (TPSA) is 68.1 Å². The van der Waals surface area contributed by atoms with Crippen molar-refractivity contribution in [1.29, 1.82) is 0 Å². The van der Waals surface area contributed by atoms with Gasteiger partial charge in [0.15, 0.2) is 5.84 Å². The molecule has 0 bridgehead atoms. The number of carbonyl (C=O) groups excluding carboxylic acids is 2. The van der Waals surface area contributed by atoms with E-state index in [0.29, 0.717) is 22.9 Å². The first-order chi connectivity index (χ1) is 10.1. The number of ether oxygens (including phenoxy) is 1. The van der Waals surface area contributed by atoms with Gasteiger partial charge in [-0.1, -0.05) is 30.4 Å². The Labute approximate surface area is 121 Å². The van der Waals surface area contributed by atoms with Gasteiger partial charge in [-0.25, -0.2) is 4.99 Å². The molecule has 0 N–H and O–H groups in total. The number of fused-ring (bicyclic) bond motifs is 1. The number of allylic oxidation sites excluding steroid dienone is 3. The van der Waals surface area contributed by atoms with E-state index in [2.05, 4.69) is 9.98 Å². The number of amidine groups is 1. The molecule has 0 saturated carbocycles. The minimum Gasteiger partial charge on any atom is -0.427 e. The van der Waals surface area contributed by atoms with Gasteiger partial charge in [-0.2, -0.15) is 4.99 Å². The average molecular weight is 280 g/mol. The van der Waals surface area contributed by atoms with Crippen LogP contribution in [0.2, 0.25) is 0 Å². The van der Waals surface area contributed by atoms with Gasteiger partial charge in [0, 0.05) is 12.5 Å². The highest BCUT2D eigenvalue weighted by Crippen LogP contribution is 2.21. The smallest absolute Gasteiger partial charge is 0.308 e. The van der Waals surface area contributed by atoms with Crippen LogP contribution in [0.1, 0.15) is 12.5 Å².